The van der Waals surface area contributed by atoms with Crippen molar-refractivity contribution in [2.24, 2.45) is 0 Å². The standard InChI is InChI=1S/C2H7NO7S2/c1-2(3-4,11(5,6)7)12(8,9)10/h3-4H,1H3,(H,5,6,7)(H,8,9,10). The average molecular weight is 221 g/mol. The van der Waals surface area contributed by atoms with E-state index in [0.29, 0.717) is 6.92 Å². The van der Waals surface area contributed by atoms with Crippen LogP contribution in [0.4, 0.5) is 0 Å². The Morgan fingerprint density at radius 2 is 1.33 bits per heavy atom. The molecule has 0 saturated carbocycles. The van der Waals surface area contributed by atoms with Crippen molar-refractivity contribution >= 4 is 20.2 Å². The molecule has 0 spiro atoms. The molecule has 0 aliphatic carbocycles. The molecule has 0 amide bonds. The third kappa shape index (κ3) is 1.73. The van der Waals surface area contributed by atoms with Crippen LogP contribution in [0.3, 0.4) is 0 Å². The summed E-state index contributed by atoms with van der Waals surface area (Å²) in [5, 5.41) is 8.13. The second-order valence-corrected chi connectivity index (χ2v) is 5.80. The number of hydrogen-bond acceptors (Lipinski definition) is 6. The molecule has 0 unspecified atom stereocenters. The molecule has 4 N–H and O–H groups in total. The van der Waals surface area contributed by atoms with Crippen molar-refractivity contribution in [1.82, 2.24) is 5.48 Å². The fraction of sp³-hybridized carbons (Fsp3) is 1.00. The second kappa shape index (κ2) is 2.90. The van der Waals surface area contributed by atoms with Crippen LogP contribution in [-0.2, 0) is 20.2 Å². The highest BCUT2D eigenvalue weighted by atomic mass is 32.3. The van der Waals surface area contributed by atoms with Crippen LogP contribution in [-0.4, -0.2) is 35.4 Å². The molecular weight excluding hydrogens is 214 g/mol. The fourth-order valence-corrected chi connectivity index (χ4v) is 1.54. The van der Waals surface area contributed by atoms with Gasteiger partial charge in [-0.05, 0) is 6.92 Å². The highest BCUT2D eigenvalue weighted by Crippen LogP contribution is 2.17. The van der Waals surface area contributed by atoms with E-state index in [0.717, 1.165) is 5.48 Å². The van der Waals surface area contributed by atoms with E-state index in [1.807, 2.05) is 0 Å². The second-order valence-electron chi connectivity index (χ2n) is 2.01. The topological polar surface area (TPSA) is 141 Å². The van der Waals surface area contributed by atoms with Crippen LogP contribution < -0.4 is 5.48 Å². The van der Waals surface area contributed by atoms with Crippen molar-refractivity contribution in [2.75, 3.05) is 0 Å². The SMILES string of the molecule is CC(NO)(S(=O)(=O)O)S(=O)(=O)O. The number of hydroxylamine groups is 1. The summed E-state index contributed by atoms with van der Waals surface area (Å²) >= 11 is 0. The van der Waals surface area contributed by atoms with Crippen molar-refractivity contribution < 1.29 is 31.1 Å². The van der Waals surface area contributed by atoms with E-state index in [1.54, 1.807) is 0 Å². The molecule has 0 rings (SSSR count). The molecule has 0 heterocycles. The van der Waals surface area contributed by atoms with E-state index >= 15 is 0 Å². The van der Waals surface area contributed by atoms with Crippen LogP contribution in [0.15, 0.2) is 0 Å². The van der Waals surface area contributed by atoms with Gasteiger partial charge in [0.2, 0.25) is 0 Å². The molecule has 0 aromatic rings. The van der Waals surface area contributed by atoms with E-state index in [9.17, 15) is 16.8 Å². The zero-order valence-corrected chi connectivity index (χ0v) is 7.42. The van der Waals surface area contributed by atoms with Gasteiger partial charge in [0, 0.05) is 0 Å². The molecule has 0 aliphatic rings. The summed E-state index contributed by atoms with van der Waals surface area (Å²) in [7, 11) is -10.3. The molecule has 74 valence electrons. The van der Waals surface area contributed by atoms with Gasteiger partial charge in [0.05, 0.1) is 0 Å². The van der Waals surface area contributed by atoms with E-state index in [2.05, 4.69) is 0 Å². The molecule has 0 aliphatic heterocycles. The summed E-state index contributed by atoms with van der Waals surface area (Å²) in [6.07, 6.45) is 0. The lowest BCUT2D eigenvalue weighted by molar-refractivity contribution is 0.135. The van der Waals surface area contributed by atoms with Gasteiger partial charge in [-0.25, -0.2) is 0 Å². The van der Waals surface area contributed by atoms with Gasteiger partial charge in [-0.3, -0.25) is 9.11 Å². The monoisotopic (exact) mass is 221 g/mol. The van der Waals surface area contributed by atoms with Crippen LogP contribution in [0, 0.1) is 0 Å². The highest BCUT2D eigenvalue weighted by Gasteiger charge is 2.50. The van der Waals surface area contributed by atoms with Crippen LogP contribution in [0.5, 0.6) is 0 Å². The van der Waals surface area contributed by atoms with E-state index in [-0.39, 0.29) is 0 Å². The Morgan fingerprint density at radius 1 is 1.08 bits per heavy atom. The van der Waals surface area contributed by atoms with Crippen molar-refractivity contribution in [2.45, 2.75) is 11.1 Å². The molecule has 0 fully saturated rings. The highest BCUT2D eigenvalue weighted by molar-refractivity contribution is 8.05. The predicted molar refractivity (Wildman–Crippen MR) is 36.4 cm³/mol. The third-order valence-electron chi connectivity index (χ3n) is 1.19. The first-order chi connectivity index (χ1) is 5.06. The molecule has 0 radical (unpaired) electrons. The van der Waals surface area contributed by atoms with E-state index in [4.69, 9.17) is 14.3 Å². The molecule has 0 bridgehead atoms. The number of nitrogens with one attached hydrogen (secondary N) is 1. The van der Waals surface area contributed by atoms with E-state index < -0.39 is 24.4 Å². The third-order valence-corrected chi connectivity index (χ3v) is 4.60. The van der Waals surface area contributed by atoms with Crippen LogP contribution >= 0.6 is 0 Å². The minimum absolute atomic E-state index is 0.373. The number of rotatable bonds is 3. The Morgan fingerprint density at radius 3 is 1.33 bits per heavy atom. The zero-order valence-electron chi connectivity index (χ0n) is 5.79. The Bertz CT molecular complexity index is 319. The predicted octanol–water partition coefficient (Wildman–Crippen LogP) is -1.59. The van der Waals surface area contributed by atoms with Gasteiger partial charge in [0.15, 0.2) is 0 Å². The molecule has 0 atom stereocenters. The summed E-state index contributed by atoms with van der Waals surface area (Å²) < 4.78 is 54.6. The normalized spacial score (nSPS) is 14.7. The largest absolute Gasteiger partial charge is 0.314 e. The maximum Gasteiger partial charge on any atom is 0.303 e. The fourth-order valence-electron chi connectivity index (χ4n) is 0.248. The first-order valence-electron chi connectivity index (χ1n) is 2.41. The number of hydrogen-bond donors (Lipinski definition) is 4. The Kier molecular flexibility index (Phi) is 2.84. The van der Waals surface area contributed by atoms with Gasteiger partial charge in [-0.15, -0.1) is 0 Å². The van der Waals surface area contributed by atoms with E-state index in [1.165, 1.54) is 0 Å². The lowest BCUT2D eigenvalue weighted by Crippen LogP contribution is -2.53. The molecule has 0 aromatic carbocycles. The molecule has 8 nitrogen and oxygen atoms in total. The van der Waals surface area contributed by atoms with Crippen molar-refractivity contribution in [1.29, 1.82) is 0 Å². The molecule has 12 heavy (non-hydrogen) atoms. The van der Waals surface area contributed by atoms with Gasteiger partial charge >= 0.3 is 20.2 Å². The summed E-state index contributed by atoms with van der Waals surface area (Å²) in [6.45, 7) is 0.373. The maximum atomic E-state index is 10.3. The average Bonchev–Trinajstić information content (AvgIpc) is 1.81. The minimum Gasteiger partial charge on any atom is -0.314 e. The summed E-state index contributed by atoms with van der Waals surface area (Å²) in [5.41, 5.74) is 0.782. The van der Waals surface area contributed by atoms with Crippen molar-refractivity contribution in [3.63, 3.8) is 0 Å². The Balaban J connectivity index is 5.58. The van der Waals surface area contributed by atoms with Crippen molar-refractivity contribution in [3.8, 4) is 0 Å². The summed E-state index contributed by atoms with van der Waals surface area (Å²) in [5.74, 6) is 0. The summed E-state index contributed by atoms with van der Waals surface area (Å²) in [4.78, 5) is 0. The van der Waals surface area contributed by atoms with Crippen LogP contribution in [0.1, 0.15) is 6.92 Å². The van der Waals surface area contributed by atoms with Crippen LogP contribution in [0.2, 0.25) is 0 Å². The first-order valence-corrected chi connectivity index (χ1v) is 5.29. The molecule has 0 aromatic heterocycles. The maximum absolute atomic E-state index is 10.3. The van der Waals surface area contributed by atoms with Crippen LogP contribution in [0.25, 0.3) is 0 Å². The molecular formula is C2H7NO7S2. The van der Waals surface area contributed by atoms with Gasteiger partial charge in [0.1, 0.15) is 0 Å². The van der Waals surface area contributed by atoms with Gasteiger partial charge in [-0.1, -0.05) is 0 Å². The lowest BCUT2D eigenvalue weighted by atomic mass is 10.8. The first kappa shape index (κ1) is 11.7. The minimum atomic E-state index is -5.17. The molecule has 10 heteroatoms. The van der Waals surface area contributed by atoms with Crippen molar-refractivity contribution in [3.05, 3.63) is 0 Å². The van der Waals surface area contributed by atoms with Gasteiger partial charge in [0.25, 0.3) is 4.20 Å². The lowest BCUT2D eigenvalue weighted by Gasteiger charge is -2.19. The van der Waals surface area contributed by atoms with Gasteiger partial charge in [-0.2, -0.15) is 22.3 Å². The quantitative estimate of drug-likeness (QED) is 0.330. The van der Waals surface area contributed by atoms with Gasteiger partial charge < -0.3 is 5.21 Å². The molecule has 0 saturated heterocycles. The zero-order chi connectivity index (χ0) is 10.2. The summed E-state index contributed by atoms with van der Waals surface area (Å²) in [6, 6.07) is 0. The smallest absolute Gasteiger partial charge is 0.303 e. The Hall–Kier alpha value is -0.260. The Labute approximate surface area is 68.7 Å².